The van der Waals surface area contributed by atoms with Gasteiger partial charge in [0, 0.05) is 19.1 Å². The molecule has 7 nitrogen and oxygen atoms in total. The minimum Gasteiger partial charge on any atom is -0.462 e. The quantitative estimate of drug-likeness (QED) is 0.556. The third-order valence-electron chi connectivity index (χ3n) is 5.28. The molecule has 7 heteroatoms. The molecule has 0 unspecified atom stereocenters. The molecule has 3 heterocycles. The zero-order valence-corrected chi connectivity index (χ0v) is 16.6. The van der Waals surface area contributed by atoms with E-state index in [1.807, 2.05) is 0 Å². The Hall–Kier alpha value is -2.15. The van der Waals surface area contributed by atoms with E-state index in [0.717, 1.165) is 25.6 Å². The van der Waals surface area contributed by atoms with Crippen LogP contribution in [0.15, 0.2) is 10.7 Å². The van der Waals surface area contributed by atoms with Crippen molar-refractivity contribution in [2.75, 3.05) is 31.6 Å². The van der Waals surface area contributed by atoms with Gasteiger partial charge in [0.15, 0.2) is 0 Å². The van der Waals surface area contributed by atoms with Crippen molar-refractivity contribution in [3.8, 4) is 0 Å². The van der Waals surface area contributed by atoms with Crippen molar-refractivity contribution in [1.29, 1.82) is 0 Å². The van der Waals surface area contributed by atoms with Crippen LogP contribution >= 0.6 is 0 Å². The van der Waals surface area contributed by atoms with Crippen LogP contribution in [0.3, 0.4) is 0 Å². The predicted molar refractivity (Wildman–Crippen MR) is 105 cm³/mol. The van der Waals surface area contributed by atoms with Gasteiger partial charge in [0.25, 0.3) is 0 Å². The summed E-state index contributed by atoms with van der Waals surface area (Å²) in [6.07, 6.45) is 7.66. The van der Waals surface area contributed by atoms with Crippen LogP contribution in [0, 0.1) is 6.92 Å². The highest BCUT2D eigenvalue weighted by Crippen LogP contribution is 2.29. The molecule has 2 aromatic rings. The fourth-order valence-corrected chi connectivity index (χ4v) is 3.93. The Bertz CT molecular complexity index is 774. The van der Waals surface area contributed by atoms with Crippen LogP contribution < -0.4 is 5.32 Å². The Morgan fingerprint density at radius 3 is 3.00 bits per heavy atom. The van der Waals surface area contributed by atoms with Crippen molar-refractivity contribution in [3.63, 3.8) is 0 Å². The van der Waals surface area contributed by atoms with Gasteiger partial charge in [0.1, 0.15) is 23.5 Å². The number of piperidine rings is 1. The molecule has 0 saturated carbocycles. The number of carbonyl (C=O) groups is 1. The maximum absolute atomic E-state index is 12.3. The summed E-state index contributed by atoms with van der Waals surface area (Å²) in [4.78, 5) is 23.4. The third-order valence-corrected chi connectivity index (χ3v) is 5.28. The Balaban J connectivity index is 1.67. The van der Waals surface area contributed by atoms with Gasteiger partial charge in [-0.3, -0.25) is 0 Å². The lowest BCUT2D eigenvalue weighted by Crippen LogP contribution is -2.40. The standard InChI is InChI=1S/C20H30N4O3/c1-4-15-9-6-7-11-24(15)12-8-10-21-18-17-16(20(25)26-5-2)14(3)27-19(17)23-13-22-18/h13,15H,4-12H2,1-3H3,(H,21,22,23)/t15-/m1/s1. The van der Waals surface area contributed by atoms with Crippen LogP contribution in [-0.4, -0.2) is 53.1 Å². The summed E-state index contributed by atoms with van der Waals surface area (Å²) >= 11 is 0. The maximum atomic E-state index is 12.3. The molecule has 0 radical (unpaired) electrons. The van der Waals surface area contributed by atoms with Crippen LogP contribution in [0.2, 0.25) is 0 Å². The summed E-state index contributed by atoms with van der Waals surface area (Å²) in [6.45, 7) is 9.19. The number of nitrogens with one attached hydrogen (secondary N) is 1. The molecule has 0 aromatic carbocycles. The number of hydrogen-bond acceptors (Lipinski definition) is 7. The smallest absolute Gasteiger partial charge is 0.342 e. The van der Waals surface area contributed by atoms with Gasteiger partial charge in [-0.25, -0.2) is 14.8 Å². The average molecular weight is 374 g/mol. The van der Waals surface area contributed by atoms with Crippen LogP contribution in [0.25, 0.3) is 11.1 Å². The van der Waals surface area contributed by atoms with E-state index < -0.39 is 5.97 Å². The lowest BCUT2D eigenvalue weighted by molar-refractivity contribution is 0.0526. The van der Waals surface area contributed by atoms with Gasteiger partial charge in [-0.05, 0) is 46.1 Å². The molecule has 1 aliphatic heterocycles. The molecule has 27 heavy (non-hydrogen) atoms. The number of anilines is 1. The summed E-state index contributed by atoms with van der Waals surface area (Å²) in [5, 5.41) is 3.97. The maximum Gasteiger partial charge on any atom is 0.342 e. The molecule has 0 amide bonds. The highest BCUT2D eigenvalue weighted by Gasteiger charge is 2.24. The first kappa shape index (κ1) is 19.6. The lowest BCUT2D eigenvalue weighted by atomic mass is 10.00. The zero-order valence-electron chi connectivity index (χ0n) is 16.6. The molecule has 1 atom stereocenters. The molecule has 1 aliphatic rings. The summed E-state index contributed by atoms with van der Waals surface area (Å²) in [7, 11) is 0. The van der Waals surface area contributed by atoms with E-state index in [1.165, 1.54) is 38.6 Å². The number of furan rings is 1. The number of carbonyl (C=O) groups excluding carboxylic acids is 1. The number of ether oxygens (including phenoxy) is 1. The van der Waals surface area contributed by atoms with Crippen molar-refractivity contribution < 1.29 is 13.9 Å². The Morgan fingerprint density at radius 2 is 2.22 bits per heavy atom. The summed E-state index contributed by atoms with van der Waals surface area (Å²) in [5.41, 5.74) is 0.826. The van der Waals surface area contributed by atoms with Gasteiger partial charge < -0.3 is 19.4 Å². The highest BCUT2D eigenvalue weighted by atomic mass is 16.5. The van der Waals surface area contributed by atoms with E-state index in [2.05, 4.69) is 27.1 Å². The SMILES string of the molecule is CCOC(=O)c1c(C)oc2ncnc(NCCCN3CCCC[C@H]3CC)c12. The zero-order chi connectivity index (χ0) is 19.2. The molecule has 1 saturated heterocycles. The topological polar surface area (TPSA) is 80.5 Å². The molecular weight excluding hydrogens is 344 g/mol. The second-order valence-electron chi connectivity index (χ2n) is 7.03. The van der Waals surface area contributed by atoms with Crippen LogP contribution in [0.4, 0.5) is 5.82 Å². The van der Waals surface area contributed by atoms with Crippen LogP contribution in [0.5, 0.6) is 0 Å². The summed E-state index contributed by atoms with van der Waals surface area (Å²) in [5.74, 6) is 0.738. The number of likely N-dealkylation sites (tertiary alicyclic amines) is 1. The minimum absolute atomic E-state index is 0.315. The lowest BCUT2D eigenvalue weighted by Gasteiger charge is -2.35. The number of rotatable bonds is 8. The van der Waals surface area contributed by atoms with Crippen molar-refractivity contribution in [3.05, 3.63) is 17.7 Å². The molecule has 0 aliphatic carbocycles. The fraction of sp³-hybridized carbons (Fsp3) is 0.650. The Kier molecular flexibility index (Phi) is 6.66. The van der Waals surface area contributed by atoms with Crippen LogP contribution in [0.1, 0.15) is 62.1 Å². The van der Waals surface area contributed by atoms with E-state index >= 15 is 0 Å². The molecule has 1 fully saturated rings. The molecular formula is C20H30N4O3. The summed E-state index contributed by atoms with van der Waals surface area (Å²) < 4.78 is 10.8. The predicted octanol–water partition coefficient (Wildman–Crippen LogP) is 3.77. The van der Waals surface area contributed by atoms with Gasteiger partial charge in [0.05, 0.1) is 12.0 Å². The van der Waals surface area contributed by atoms with E-state index in [0.29, 0.717) is 34.8 Å². The monoisotopic (exact) mass is 374 g/mol. The van der Waals surface area contributed by atoms with Gasteiger partial charge in [-0.1, -0.05) is 13.3 Å². The second-order valence-corrected chi connectivity index (χ2v) is 7.03. The number of aryl methyl sites for hydroxylation is 1. The molecule has 148 valence electrons. The number of aromatic nitrogens is 2. The average Bonchev–Trinajstić information content (AvgIpc) is 3.02. The normalized spacial score (nSPS) is 18.0. The Labute approximate surface area is 160 Å². The molecule has 1 N–H and O–H groups in total. The van der Waals surface area contributed by atoms with Crippen molar-refractivity contribution in [1.82, 2.24) is 14.9 Å². The molecule has 3 rings (SSSR count). The number of esters is 1. The summed E-state index contributed by atoms with van der Waals surface area (Å²) in [6, 6.07) is 0.719. The first-order valence-corrected chi connectivity index (χ1v) is 10.0. The van der Waals surface area contributed by atoms with Gasteiger partial charge >= 0.3 is 5.97 Å². The number of nitrogens with zero attached hydrogens (tertiary/aromatic N) is 3. The van der Waals surface area contributed by atoms with Gasteiger partial charge in [0.2, 0.25) is 5.71 Å². The van der Waals surface area contributed by atoms with E-state index in [1.54, 1.807) is 13.8 Å². The highest BCUT2D eigenvalue weighted by molar-refractivity contribution is 6.07. The van der Waals surface area contributed by atoms with Crippen LogP contribution in [-0.2, 0) is 4.74 Å². The van der Waals surface area contributed by atoms with E-state index in [4.69, 9.17) is 9.15 Å². The Morgan fingerprint density at radius 1 is 1.37 bits per heavy atom. The minimum atomic E-state index is -0.397. The first-order valence-electron chi connectivity index (χ1n) is 10.0. The first-order chi connectivity index (χ1) is 13.2. The van der Waals surface area contributed by atoms with Gasteiger partial charge in [-0.15, -0.1) is 0 Å². The second kappa shape index (κ2) is 9.17. The molecule has 2 aromatic heterocycles. The molecule has 0 bridgehead atoms. The number of hydrogen-bond donors (Lipinski definition) is 1. The van der Waals surface area contributed by atoms with Gasteiger partial charge in [-0.2, -0.15) is 0 Å². The number of fused-ring (bicyclic) bond motifs is 1. The molecule has 0 spiro atoms. The van der Waals surface area contributed by atoms with Crippen molar-refractivity contribution >= 4 is 22.9 Å². The van der Waals surface area contributed by atoms with Crippen molar-refractivity contribution in [2.24, 2.45) is 0 Å². The third kappa shape index (κ3) is 4.40. The van der Waals surface area contributed by atoms with Crippen molar-refractivity contribution in [2.45, 2.75) is 58.9 Å². The van der Waals surface area contributed by atoms with E-state index in [9.17, 15) is 4.79 Å². The fourth-order valence-electron chi connectivity index (χ4n) is 3.93. The van der Waals surface area contributed by atoms with E-state index in [-0.39, 0.29) is 0 Å². The largest absolute Gasteiger partial charge is 0.462 e.